The smallest absolute Gasteiger partial charge is 0.408 e. The lowest BCUT2D eigenvalue weighted by Gasteiger charge is -2.27. The predicted octanol–water partition coefficient (Wildman–Crippen LogP) is 5.49. The van der Waals surface area contributed by atoms with Gasteiger partial charge in [0.05, 0.1) is 5.25 Å². The maximum absolute atomic E-state index is 14.3. The maximum atomic E-state index is 14.3. The largest absolute Gasteiger partial charge is 0.444 e. The molecule has 2 aromatic carbocycles. The van der Waals surface area contributed by atoms with Crippen molar-refractivity contribution < 1.29 is 32.3 Å². The molecule has 11 nitrogen and oxygen atoms in total. The fourth-order valence-electron chi connectivity index (χ4n) is 6.43. The first-order valence-corrected chi connectivity index (χ1v) is 20.0. The van der Waals surface area contributed by atoms with Crippen molar-refractivity contribution in [3.8, 4) is 10.4 Å². The van der Waals surface area contributed by atoms with Crippen LogP contribution in [0, 0.1) is 5.92 Å². The lowest BCUT2D eigenvalue weighted by molar-refractivity contribution is -0.133. The predicted molar refractivity (Wildman–Crippen MR) is 197 cm³/mol. The summed E-state index contributed by atoms with van der Waals surface area (Å²) in [6, 6.07) is 15.8. The van der Waals surface area contributed by atoms with Crippen molar-refractivity contribution in [2.24, 2.45) is 5.92 Å². The number of carbonyl (C=O) groups excluding carboxylic acids is 4. The molecule has 2 aliphatic carbocycles. The maximum Gasteiger partial charge on any atom is 0.408 e. The normalized spacial score (nSPS) is 25.3. The van der Waals surface area contributed by atoms with E-state index in [0.29, 0.717) is 32.1 Å². The van der Waals surface area contributed by atoms with Crippen LogP contribution in [0.1, 0.15) is 77.7 Å². The van der Waals surface area contributed by atoms with Crippen LogP contribution < -0.4 is 20.7 Å². The van der Waals surface area contributed by atoms with E-state index in [4.69, 9.17) is 4.74 Å². The Bertz CT molecular complexity index is 1910. The van der Waals surface area contributed by atoms with Crippen LogP contribution in [-0.4, -0.2) is 60.7 Å². The summed E-state index contributed by atoms with van der Waals surface area (Å²) in [6.45, 7) is 5.20. The molecule has 0 radical (unpaired) electrons. The summed E-state index contributed by atoms with van der Waals surface area (Å²) >= 11 is 1.65. The Kier molecular flexibility index (Phi) is 10.6. The van der Waals surface area contributed by atoms with E-state index in [-0.39, 0.29) is 12.8 Å². The molecule has 1 aromatic heterocycles. The Morgan fingerprint density at radius 3 is 2.51 bits per heavy atom. The molecule has 2 fully saturated rings. The van der Waals surface area contributed by atoms with Gasteiger partial charge in [-0.15, -0.1) is 11.3 Å². The van der Waals surface area contributed by atoms with Gasteiger partial charge in [0.1, 0.15) is 23.2 Å². The average Bonchev–Trinajstić information content (AvgIpc) is 3.98. The number of fused-ring (bicyclic) bond motifs is 2. The van der Waals surface area contributed by atoms with Gasteiger partial charge in [-0.3, -0.25) is 19.1 Å². The van der Waals surface area contributed by atoms with E-state index in [2.05, 4.69) is 38.9 Å². The molecule has 2 heterocycles. The Labute approximate surface area is 303 Å². The topological polar surface area (TPSA) is 160 Å². The van der Waals surface area contributed by atoms with Crippen molar-refractivity contribution in [1.82, 2.24) is 20.7 Å². The molecule has 4 atom stereocenters. The zero-order valence-corrected chi connectivity index (χ0v) is 30.8. The molecular formula is C38H46N4O7S2. The van der Waals surface area contributed by atoms with Crippen LogP contribution in [0.5, 0.6) is 0 Å². The summed E-state index contributed by atoms with van der Waals surface area (Å²) in [6.07, 6.45) is 7.64. The van der Waals surface area contributed by atoms with Crippen molar-refractivity contribution in [3.63, 3.8) is 0 Å². The second-order valence-corrected chi connectivity index (χ2v) is 17.9. The van der Waals surface area contributed by atoms with E-state index < -0.39 is 68.2 Å². The highest BCUT2D eigenvalue weighted by Crippen LogP contribution is 2.46. The van der Waals surface area contributed by atoms with Gasteiger partial charge in [-0.05, 0) is 87.9 Å². The zero-order chi connectivity index (χ0) is 36.4. The van der Waals surface area contributed by atoms with Crippen LogP contribution in [0.2, 0.25) is 0 Å². The SMILES string of the molecule is CC(C)(C)OC(=O)N[C@H]1CCCCC/C=C\[C@@H]2C[C@@]2(C(=O)NS(=O)(=O)C2CC2)NC(=O)[C@H](Cc2cccc(-c3cc4ccccc4s3)c2)NC1=O. The van der Waals surface area contributed by atoms with E-state index >= 15 is 0 Å². The van der Waals surface area contributed by atoms with Crippen molar-refractivity contribution >= 4 is 55.3 Å². The van der Waals surface area contributed by atoms with E-state index in [1.807, 2.05) is 48.6 Å². The molecular weight excluding hydrogens is 689 g/mol. The van der Waals surface area contributed by atoms with Crippen LogP contribution in [0.4, 0.5) is 4.79 Å². The summed E-state index contributed by atoms with van der Waals surface area (Å²) in [5.41, 5.74) is -0.541. The number of thiophene rings is 1. The lowest BCUT2D eigenvalue weighted by Crippen LogP contribution is -2.59. The molecule has 0 spiro atoms. The van der Waals surface area contributed by atoms with Crippen molar-refractivity contribution in [2.45, 2.75) is 107 Å². The number of hydrogen-bond acceptors (Lipinski definition) is 8. The second kappa shape index (κ2) is 14.8. The zero-order valence-electron chi connectivity index (χ0n) is 29.2. The van der Waals surface area contributed by atoms with Crippen LogP contribution in [0.25, 0.3) is 20.5 Å². The fraction of sp³-hybridized carbons (Fsp3) is 0.474. The number of ether oxygens (including phenoxy) is 1. The number of benzene rings is 2. The number of hydrogen-bond donors (Lipinski definition) is 4. The van der Waals surface area contributed by atoms with Gasteiger partial charge in [-0.2, -0.15) is 0 Å². The minimum atomic E-state index is -3.87. The first-order valence-electron chi connectivity index (χ1n) is 17.6. The van der Waals surface area contributed by atoms with Gasteiger partial charge < -0.3 is 20.7 Å². The quantitative estimate of drug-likeness (QED) is 0.234. The average molecular weight is 735 g/mol. The van der Waals surface area contributed by atoms with Crippen molar-refractivity contribution in [1.29, 1.82) is 0 Å². The number of alkyl carbamates (subject to hydrolysis) is 1. The Morgan fingerprint density at radius 2 is 1.76 bits per heavy atom. The molecule has 0 saturated heterocycles. The van der Waals surface area contributed by atoms with Crippen LogP contribution >= 0.6 is 11.3 Å². The van der Waals surface area contributed by atoms with Gasteiger partial charge in [0.25, 0.3) is 5.91 Å². The first-order chi connectivity index (χ1) is 24.2. The summed E-state index contributed by atoms with van der Waals surface area (Å²) in [7, 11) is -3.87. The monoisotopic (exact) mass is 734 g/mol. The van der Waals surface area contributed by atoms with Crippen molar-refractivity contribution in [3.05, 3.63) is 72.3 Å². The van der Waals surface area contributed by atoms with Gasteiger partial charge in [-0.1, -0.05) is 67.5 Å². The summed E-state index contributed by atoms with van der Waals surface area (Å²) < 4.78 is 34.4. The third-order valence-corrected chi connectivity index (χ3v) is 12.4. The third-order valence-electron chi connectivity index (χ3n) is 9.41. The highest BCUT2D eigenvalue weighted by Gasteiger charge is 2.61. The summed E-state index contributed by atoms with van der Waals surface area (Å²) in [4.78, 5) is 55.7. The first kappa shape index (κ1) is 36.6. The minimum Gasteiger partial charge on any atom is -0.444 e. The number of amides is 4. The van der Waals surface area contributed by atoms with Crippen molar-refractivity contribution in [2.75, 3.05) is 0 Å². The molecule has 13 heteroatoms. The van der Waals surface area contributed by atoms with Gasteiger partial charge >= 0.3 is 6.09 Å². The van der Waals surface area contributed by atoms with Gasteiger partial charge in [-0.25, -0.2) is 13.2 Å². The molecule has 6 rings (SSSR count). The van der Waals surface area contributed by atoms with Crippen LogP contribution in [-0.2, 0) is 35.6 Å². The summed E-state index contributed by atoms with van der Waals surface area (Å²) in [5.74, 6) is -2.37. The molecule has 3 aromatic rings. The van der Waals surface area contributed by atoms with Gasteiger partial charge in [0.15, 0.2) is 0 Å². The van der Waals surface area contributed by atoms with Gasteiger partial charge in [0, 0.05) is 21.9 Å². The number of sulfonamides is 1. The molecule has 272 valence electrons. The highest BCUT2D eigenvalue weighted by molar-refractivity contribution is 7.91. The Hall–Kier alpha value is -4.23. The third kappa shape index (κ3) is 9.17. The number of carbonyl (C=O) groups is 4. The Morgan fingerprint density at radius 1 is 0.980 bits per heavy atom. The molecule has 2 saturated carbocycles. The van der Waals surface area contributed by atoms with Crippen LogP contribution in [0.15, 0.2) is 66.7 Å². The molecule has 51 heavy (non-hydrogen) atoms. The molecule has 3 aliphatic rings. The molecule has 4 N–H and O–H groups in total. The highest BCUT2D eigenvalue weighted by atomic mass is 32.2. The summed E-state index contributed by atoms with van der Waals surface area (Å²) in [5, 5.41) is 8.95. The molecule has 0 bridgehead atoms. The number of nitrogens with one attached hydrogen (secondary N) is 4. The van der Waals surface area contributed by atoms with Crippen LogP contribution in [0.3, 0.4) is 0 Å². The van der Waals surface area contributed by atoms with E-state index in [1.54, 1.807) is 32.1 Å². The van der Waals surface area contributed by atoms with Gasteiger partial charge in [0.2, 0.25) is 21.8 Å². The second-order valence-electron chi connectivity index (χ2n) is 14.8. The standard InChI is InChI=1S/C38H46N4O7S2/c1-37(2,3)49-36(46)40-29-16-8-6-4-5-7-15-27-23-38(27,35(45)42-51(47,48)28-18-19-28)41-34(44)30(39-33(29)43)21-24-12-11-14-25(20-24)32-22-26-13-9-10-17-31(26)50-32/h7,9-15,17,20,22,27-30H,4-6,8,16,18-19,21,23H2,1-3H3,(H,39,43)(H,40,46)(H,41,44)(H,42,45)/b15-7-/t27-,29+,30+,38-/m1/s1. The number of allylic oxidation sites excluding steroid dienone is 1. The minimum absolute atomic E-state index is 0.0774. The fourth-order valence-corrected chi connectivity index (χ4v) is 8.85. The molecule has 4 amide bonds. The van der Waals surface area contributed by atoms with E-state index in [0.717, 1.165) is 38.9 Å². The van der Waals surface area contributed by atoms with E-state index in [9.17, 15) is 27.6 Å². The molecule has 1 aliphatic heterocycles. The lowest BCUT2D eigenvalue weighted by atomic mass is 10.0. The Balaban J connectivity index is 1.30. The number of rotatable bonds is 7. The molecule has 0 unspecified atom stereocenters. The van der Waals surface area contributed by atoms with E-state index in [1.165, 1.54) is 0 Å².